The summed E-state index contributed by atoms with van der Waals surface area (Å²) >= 11 is 7.12. The number of nitrogens with one attached hydrogen (secondary N) is 2. The number of unbranched alkanes of at least 4 members (excludes halogenated alkanes) is 1. The van der Waals surface area contributed by atoms with E-state index in [-0.39, 0.29) is 24.1 Å². The molecule has 2 N–H and O–H groups in total. The fraction of sp³-hybridized carbons (Fsp3) is 0.400. The zero-order valence-electron chi connectivity index (χ0n) is 15.9. The Bertz CT molecular complexity index is 869. The van der Waals surface area contributed by atoms with E-state index < -0.39 is 0 Å². The fourth-order valence-electron chi connectivity index (χ4n) is 3.09. The zero-order valence-corrected chi connectivity index (χ0v) is 17.5. The van der Waals surface area contributed by atoms with Gasteiger partial charge in [0.25, 0.3) is 0 Å². The molecule has 154 valence electrons. The second-order valence-corrected chi connectivity index (χ2v) is 8.14. The third-order valence-corrected chi connectivity index (χ3v) is 5.68. The Hall–Kier alpha value is -2.45. The number of hydrogen-bond donors (Lipinski definition) is 2. The van der Waals surface area contributed by atoms with Crippen LogP contribution in [0.15, 0.2) is 29.8 Å². The van der Waals surface area contributed by atoms with Gasteiger partial charge in [-0.1, -0.05) is 11.6 Å². The van der Waals surface area contributed by atoms with Gasteiger partial charge < -0.3 is 15.5 Å². The van der Waals surface area contributed by atoms with E-state index in [9.17, 15) is 14.4 Å². The topological polar surface area (TPSA) is 91.4 Å². The number of nitrogens with zero attached hydrogens (tertiary/aromatic N) is 2. The molecule has 2 aromatic heterocycles. The van der Waals surface area contributed by atoms with Crippen molar-refractivity contribution in [1.29, 1.82) is 0 Å². The van der Waals surface area contributed by atoms with Crippen LogP contribution < -0.4 is 10.6 Å². The lowest BCUT2D eigenvalue weighted by molar-refractivity contribution is -0.127. The predicted octanol–water partition coefficient (Wildman–Crippen LogP) is 3.82. The van der Waals surface area contributed by atoms with Crippen LogP contribution >= 0.6 is 22.9 Å². The lowest BCUT2D eigenvalue weighted by Gasteiger charge is -2.14. The molecule has 1 saturated heterocycles. The maximum atomic E-state index is 12.5. The largest absolute Gasteiger partial charge is 0.363 e. The molecule has 0 unspecified atom stereocenters. The van der Waals surface area contributed by atoms with Crippen LogP contribution in [0.5, 0.6) is 0 Å². The van der Waals surface area contributed by atoms with Crippen LogP contribution in [0, 0.1) is 0 Å². The van der Waals surface area contributed by atoms with E-state index in [1.165, 1.54) is 17.5 Å². The van der Waals surface area contributed by atoms with Gasteiger partial charge in [-0.05, 0) is 42.8 Å². The predicted molar refractivity (Wildman–Crippen MR) is 115 cm³/mol. The minimum atomic E-state index is -0.133. The smallest absolute Gasteiger partial charge is 0.224 e. The number of Topliss-reactive ketones (excluding diaryl/α,β-unsaturated/α-hetero) is 1. The van der Waals surface area contributed by atoms with Crippen molar-refractivity contribution in [3.8, 4) is 0 Å². The molecule has 0 radical (unpaired) electrons. The van der Waals surface area contributed by atoms with Gasteiger partial charge in [-0.2, -0.15) is 0 Å². The molecule has 7 nitrogen and oxygen atoms in total. The number of ketones is 1. The standard InChI is InChI=1S/C20H23ClN4O3S/c21-14-6-7-17(22-12-14)23-13-16(26)15-8-11-29-20(15)24-18(27)4-1-2-9-25-10-3-5-19(25)28/h6-8,11-12H,1-5,9-10,13H2,(H,22,23)(H,24,27). The van der Waals surface area contributed by atoms with E-state index in [1.54, 1.807) is 23.6 Å². The molecule has 0 bridgehead atoms. The monoisotopic (exact) mass is 434 g/mol. The molecule has 1 aliphatic rings. The highest BCUT2D eigenvalue weighted by molar-refractivity contribution is 7.14. The Morgan fingerprint density at radius 2 is 2.10 bits per heavy atom. The molecule has 3 rings (SSSR count). The van der Waals surface area contributed by atoms with Gasteiger partial charge in [0.05, 0.1) is 17.1 Å². The van der Waals surface area contributed by atoms with Crippen molar-refractivity contribution >= 4 is 51.4 Å². The first-order valence-corrected chi connectivity index (χ1v) is 10.8. The molecule has 29 heavy (non-hydrogen) atoms. The summed E-state index contributed by atoms with van der Waals surface area (Å²) in [6, 6.07) is 5.09. The lowest BCUT2D eigenvalue weighted by atomic mass is 10.2. The van der Waals surface area contributed by atoms with Crippen molar-refractivity contribution in [3.63, 3.8) is 0 Å². The maximum absolute atomic E-state index is 12.5. The number of halogens is 1. The van der Waals surface area contributed by atoms with E-state index in [1.807, 2.05) is 4.90 Å². The van der Waals surface area contributed by atoms with Gasteiger partial charge in [0.2, 0.25) is 11.8 Å². The van der Waals surface area contributed by atoms with Crippen molar-refractivity contribution in [3.05, 3.63) is 40.4 Å². The Morgan fingerprint density at radius 1 is 1.24 bits per heavy atom. The molecule has 9 heteroatoms. The number of likely N-dealkylation sites (tertiary alicyclic amines) is 1. The van der Waals surface area contributed by atoms with E-state index in [0.717, 1.165) is 19.4 Å². The second-order valence-electron chi connectivity index (χ2n) is 6.79. The quantitative estimate of drug-likeness (QED) is 0.438. The molecule has 0 aromatic carbocycles. The van der Waals surface area contributed by atoms with Crippen molar-refractivity contribution in [2.75, 3.05) is 30.3 Å². The number of carbonyl (C=O) groups excluding carboxylic acids is 3. The SMILES string of the molecule is O=C(CCCCN1CCCC1=O)Nc1sccc1C(=O)CNc1ccc(Cl)cn1. The number of pyridine rings is 1. The third kappa shape index (κ3) is 6.27. The maximum Gasteiger partial charge on any atom is 0.224 e. The highest BCUT2D eigenvalue weighted by atomic mass is 35.5. The average molecular weight is 435 g/mol. The first-order valence-electron chi connectivity index (χ1n) is 9.56. The third-order valence-electron chi connectivity index (χ3n) is 4.63. The van der Waals surface area contributed by atoms with E-state index in [0.29, 0.717) is 47.2 Å². The van der Waals surface area contributed by atoms with Crippen LogP contribution in [0.25, 0.3) is 0 Å². The Labute approximate surface area is 178 Å². The Balaban J connectivity index is 1.42. The number of amides is 2. The molecule has 0 atom stereocenters. The minimum absolute atomic E-state index is 0.0676. The number of hydrogen-bond acceptors (Lipinski definition) is 6. The van der Waals surface area contributed by atoms with Crippen LogP contribution in [-0.4, -0.2) is 47.1 Å². The van der Waals surface area contributed by atoms with Crippen LogP contribution in [0.4, 0.5) is 10.8 Å². The van der Waals surface area contributed by atoms with Gasteiger partial charge in [-0.15, -0.1) is 11.3 Å². The molecular formula is C20H23ClN4O3S. The number of carbonyl (C=O) groups is 3. The summed E-state index contributed by atoms with van der Waals surface area (Å²) in [5.41, 5.74) is 0.479. The van der Waals surface area contributed by atoms with Crippen LogP contribution in [0.3, 0.4) is 0 Å². The van der Waals surface area contributed by atoms with Gasteiger partial charge >= 0.3 is 0 Å². The van der Waals surface area contributed by atoms with Gasteiger partial charge in [0, 0.05) is 32.1 Å². The molecule has 3 heterocycles. The Kier molecular flexibility index (Phi) is 7.60. The van der Waals surface area contributed by atoms with Gasteiger partial charge in [0.1, 0.15) is 10.8 Å². The molecule has 0 aliphatic carbocycles. The highest BCUT2D eigenvalue weighted by Crippen LogP contribution is 2.24. The van der Waals surface area contributed by atoms with Crippen molar-refractivity contribution < 1.29 is 14.4 Å². The summed E-state index contributed by atoms with van der Waals surface area (Å²) in [7, 11) is 0. The first kappa shape index (κ1) is 21.3. The summed E-state index contributed by atoms with van der Waals surface area (Å²) in [5, 5.41) is 8.65. The van der Waals surface area contributed by atoms with Crippen molar-refractivity contribution in [2.45, 2.75) is 32.1 Å². The van der Waals surface area contributed by atoms with Crippen molar-refractivity contribution in [2.24, 2.45) is 0 Å². The van der Waals surface area contributed by atoms with Gasteiger partial charge in [-0.25, -0.2) is 4.98 Å². The summed E-state index contributed by atoms with van der Waals surface area (Å²) < 4.78 is 0. The summed E-state index contributed by atoms with van der Waals surface area (Å²) in [6.07, 6.45) is 4.93. The molecule has 0 spiro atoms. The number of anilines is 2. The Morgan fingerprint density at radius 3 is 2.83 bits per heavy atom. The molecule has 0 saturated carbocycles. The number of thiophene rings is 1. The lowest BCUT2D eigenvalue weighted by Crippen LogP contribution is -2.25. The fourth-order valence-corrected chi connectivity index (χ4v) is 4.02. The zero-order chi connectivity index (χ0) is 20.6. The molecule has 1 fully saturated rings. The van der Waals surface area contributed by atoms with Crippen LogP contribution in [0.1, 0.15) is 42.5 Å². The van der Waals surface area contributed by atoms with Gasteiger partial charge in [-0.3, -0.25) is 14.4 Å². The van der Waals surface area contributed by atoms with Crippen LogP contribution in [-0.2, 0) is 9.59 Å². The first-order chi connectivity index (χ1) is 14.0. The second kappa shape index (κ2) is 10.4. The summed E-state index contributed by atoms with van der Waals surface area (Å²) in [6.45, 7) is 1.60. The minimum Gasteiger partial charge on any atom is -0.363 e. The molecular weight excluding hydrogens is 412 g/mol. The average Bonchev–Trinajstić information content (AvgIpc) is 3.33. The number of aromatic nitrogens is 1. The molecule has 2 aromatic rings. The van der Waals surface area contributed by atoms with Crippen LogP contribution in [0.2, 0.25) is 5.02 Å². The van der Waals surface area contributed by atoms with Crippen molar-refractivity contribution in [1.82, 2.24) is 9.88 Å². The number of rotatable bonds is 10. The van der Waals surface area contributed by atoms with Gasteiger partial charge in [0.15, 0.2) is 5.78 Å². The summed E-state index contributed by atoms with van der Waals surface area (Å²) in [4.78, 5) is 42.2. The van der Waals surface area contributed by atoms with E-state index >= 15 is 0 Å². The molecule has 2 amide bonds. The van der Waals surface area contributed by atoms with E-state index in [4.69, 9.17) is 11.6 Å². The highest BCUT2D eigenvalue weighted by Gasteiger charge is 2.19. The van der Waals surface area contributed by atoms with E-state index in [2.05, 4.69) is 15.6 Å². The molecule has 1 aliphatic heterocycles. The summed E-state index contributed by atoms with van der Waals surface area (Å²) in [5.74, 6) is 0.506. The normalized spacial score (nSPS) is 13.6.